The van der Waals surface area contributed by atoms with E-state index in [0.717, 1.165) is 25.6 Å². The van der Waals surface area contributed by atoms with Gasteiger partial charge in [0.15, 0.2) is 0 Å². The number of aryl methyl sites for hydroxylation is 1. The normalized spacial score (nSPS) is 19.5. The third-order valence-electron chi connectivity index (χ3n) is 4.41. The monoisotopic (exact) mass is 275 g/mol. The minimum atomic E-state index is 0.299. The Morgan fingerprint density at radius 1 is 1.40 bits per heavy atom. The Hall–Kier alpha value is -1.32. The fraction of sp³-hybridized carbons (Fsp3) is 0.750. The van der Waals surface area contributed by atoms with Crippen molar-refractivity contribution >= 4 is 5.91 Å². The van der Waals surface area contributed by atoms with Crippen LogP contribution < -0.4 is 0 Å². The Morgan fingerprint density at radius 3 is 2.70 bits per heavy atom. The van der Waals surface area contributed by atoms with Gasteiger partial charge < -0.3 is 9.47 Å². The zero-order chi connectivity index (χ0) is 14.3. The minimum Gasteiger partial charge on any atom is -0.341 e. The van der Waals surface area contributed by atoms with Gasteiger partial charge in [-0.05, 0) is 31.6 Å². The zero-order valence-electron chi connectivity index (χ0n) is 12.8. The molecule has 1 saturated carbocycles. The van der Waals surface area contributed by atoms with Crippen LogP contribution in [-0.2, 0) is 11.3 Å². The van der Waals surface area contributed by atoms with Gasteiger partial charge in [-0.2, -0.15) is 0 Å². The number of carbonyl (C=O) groups excluding carboxylic acids is 1. The summed E-state index contributed by atoms with van der Waals surface area (Å²) in [4.78, 5) is 18.6. The molecule has 20 heavy (non-hydrogen) atoms. The predicted octanol–water partition coefficient (Wildman–Crippen LogP) is 2.57. The Labute approximate surface area is 121 Å². The van der Waals surface area contributed by atoms with E-state index in [-0.39, 0.29) is 0 Å². The van der Waals surface area contributed by atoms with Crippen molar-refractivity contribution < 1.29 is 4.79 Å². The molecule has 1 aromatic rings. The molecular weight excluding hydrogens is 250 g/mol. The van der Waals surface area contributed by atoms with Gasteiger partial charge in [0.05, 0.1) is 5.92 Å². The lowest BCUT2D eigenvalue weighted by Crippen LogP contribution is -2.49. The largest absolute Gasteiger partial charge is 0.341 e. The van der Waals surface area contributed by atoms with Gasteiger partial charge in [-0.15, -0.1) is 0 Å². The van der Waals surface area contributed by atoms with Crippen LogP contribution in [0.25, 0.3) is 0 Å². The highest BCUT2D eigenvalue weighted by molar-refractivity contribution is 5.77. The minimum absolute atomic E-state index is 0.299. The fourth-order valence-electron chi connectivity index (χ4n) is 2.93. The molecule has 2 fully saturated rings. The van der Waals surface area contributed by atoms with Crippen molar-refractivity contribution in [1.29, 1.82) is 0 Å². The lowest BCUT2D eigenvalue weighted by atomic mass is 9.97. The van der Waals surface area contributed by atoms with Crippen molar-refractivity contribution in [2.24, 2.45) is 11.8 Å². The van der Waals surface area contributed by atoms with E-state index in [1.165, 1.54) is 24.4 Å². The van der Waals surface area contributed by atoms with Crippen LogP contribution in [-0.4, -0.2) is 33.4 Å². The van der Waals surface area contributed by atoms with E-state index in [0.29, 0.717) is 24.2 Å². The summed E-state index contributed by atoms with van der Waals surface area (Å²) in [7, 11) is 0. The molecule has 1 aromatic heterocycles. The topological polar surface area (TPSA) is 38.1 Å². The van der Waals surface area contributed by atoms with Crippen LogP contribution in [0.15, 0.2) is 6.20 Å². The summed E-state index contributed by atoms with van der Waals surface area (Å²) in [5.41, 5.74) is 1.26. The number of rotatable bonds is 5. The lowest BCUT2D eigenvalue weighted by molar-refractivity contribution is -0.136. The standard InChI is InChI=1S/C16H25N3O/c1-11(2)6-15(20)18-9-14(10-18)16-17-7-12(3)19(16)8-13-4-5-13/h7,11,13-14H,4-6,8-10H2,1-3H3. The maximum atomic E-state index is 12.0. The zero-order valence-corrected chi connectivity index (χ0v) is 12.8. The first-order valence-corrected chi connectivity index (χ1v) is 7.84. The molecule has 0 bridgehead atoms. The Bertz CT molecular complexity index is 496. The molecule has 1 saturated heterocycles. The molecule has 4 heteroatoms. The highest BCUT2D eigenvalue weighted by Crippen LogP contribution is 2.34. The first-order chi connectivity index (χ1) is 9.54. The number of carbonyl (C=O) groups is 1. The van der Waals surface area contributed by atoms with Gasteiger partial charge >= 0.3 is 0 Å². The number of likely N-dealkylation sites (tertiary alicyclic amines) is 1. The molecule has 0 atom stereocenters. The van der Waals surface area contributed by atoms with Crippen LogP contribution in [0.1, 0.15) is 50.5 Å². The second kappa shape index (κ2) is 5.23. The van der Waals surface area contributed by atoms with E-state index in [2.05, 4.69) is 30.3 Å². The van der Waals surface area contributed by atoms with Gasteiger partial charge in [0.25, 0.3) is 0 Å². The molecule has 1 aliphatic heterocycles. The highest BCUT2D eigenvalue weighted by Gasteiger charge is 2.35. The Kier molecular flexibility index (Phi) is 3.57. The van der Waals surface area contributed by atoms with Crippen LogP contribution in [0.2, 0.25) is 0 Å². The number of nitrogens with zero attached hydrogens (tertiary/aromatic N) is 3. The summed E-state index contributed by atoms with van der Waals surface area (Å²) in [6, 6.07) is 0. The molecule has 0 spiro atoms. The van der Waals surface area contributed by atoms with Crippen molar-refractivity contribution in [3.05, 3.63) is 17.7 Å². The summed E-state index contributed by atoms with van der Waals surface area (Å²) in [6.45, 7) is 9.16. The van der Waals surface area contributed by atoms with Gasteiger partial charge in [-0.25, -0.2) is 4.98 Å². The van der Waals surface area contributed by atoms with Crippen molar-refractivity contribution in [3.8, 4) is 0 Å². The Morgan fingerprint density at radius 2 is 2.10 bits per heavy atom. The van der Waals surface area contributed by atoms with Crippen LogP contribution in [0.5, 0.6) is 0 Å². The molecular formula is C16H25N3O. The van der Waals surface area contributed by atoms with E-state index < -0.39 is 0 Å². The Balaban J connectivity index is 1.60. The van der Waals surface area contributed by atoms with E-state index in [9.17, 15) is 4.79 Å². The van der Waals surface area contributed by atoms with E-state index in [4.69, 9.17) is 0 Å². The van der Waals surface area contributed by atoms with Gasteiger partial charge in [0, 0.05) is 37.9 Å². The predicted molar refractivity (Wildman–Crippen MR) is 78.5 cm³/mol. The van der Waals surface area contributed by atoms with Crippen molar-refractivity contribution in [1.82, 2.24) is 14.5 Å². The summed E-state index contributed by atoms with van der Waals surface area (Å²) >= 11 is 0. The molecule has 2 aliphatic rings. The van der Waals surface area contributed by atoms with Crippen LogP contribution in [0, 0.1) is 18.8 Å². The third kappa shape index (κ3) is 2.74. The SMILES string of the molecule is Cc1cnc(C2CN(C(=O)CC(C)C)C2)n1CC1CC1. The van der Waals surface area contributed by atoms with Gasteiger partial charge in [0.1, 0.15) is 5.82 Å². The molecule has 3 rings (SSSR count). The number of hydrogen-bond acceptors (Lipinski definition) is 2. The molecule has 1 amide bonds. The van der Waals surface area contributed by atoms with Crippen molar-refractivity contribution in [2.75, 3.05) is 13.1 Å². The fourth-order valence-corrected chi connectivity index (χ4v) is 2.93. The first-order valence-electron chi connectivity index (χ1n) is 7.84. The molecule has 2 heterocycles. The molecule has 0 aromatic carbocycles. The lowest BCUT2D eigenvalue weighted by Gasteiger charge is -2.39. The highest BCUT2D eigenvalue weighted by atomic mass is 16.2. The average molecular weight is 275 g/mol. The van der Waals surface area contributed by atoms with E-state index in [1.54, 1.807) is 0 Å². The summed E-state index contributed by atoms with van der Waals surface area (Å²) in [5.74, 6) is 3.25. The second-order valence-electron chi connectivity index (χ2n) is 6.91. The molecule has 110 valence electrons. The first kappa shape index (κ1) is 13.7. The van der Waals surface area contributed by atoms with Gasteiger partial charge in [-0.3, -0.25) is 4.79 Å². The summed E-state index contributed by atoms with van der Waals surface area (Å²) < 4.78 is 2.38. The van der Waals surface area contributed by atoms with E-state index in [1.807, 2.05) is 11.1 Å². The number of aromatic nitrogens is 2. The number of amides is 1. The number of hydrogen-bond donors (Lipinski definition) is 0. The van der Waals surface area contributed by atoms with E-state index >= 15 is 0 Å². The van der Waals surface area contributed by atoms with Crippen LogP contribution in [0.3, 0.4) is 0 Å². The number of imidazole rings is 1. The van der Waals surface area contributed by atoms with Gasteiger partial charge in [-0.1, -0.05) is 13.8 Å². The second-order valence-corrected chi connectivity index (χ2v) is 6.91. The van der Waals surface area contributed by atoms with Crippen LogP contribution >= 0.6 is 0 Å². The molecule has 0 N–H and O–H groups in total. The van der Waals surface area contributed by atoms with Crippen molar-refractivity contribution in [3.63, 3.8) is 0 Å². The van der Waals surface area contributed by atoms with Crippen molar-refractivity contribution in [2.45, 2.75) is 52.5 Å². The average Bonchev–Trinajstić information content (AvgIpc) is 3.05. The summed E-state index contributed by atoms with van der Waals surface area (Å²) in [6.07, 6.45) is 5.38. The smallest absolute Gasteiger partial charge is 0.222 e. The molecule has 4 nitrogen and oxygen atoms in total. The third-order valence-corrected chi connectivity index (χ3v) is 4.41. The maximum absolute atomic E-state index is 12.0. The van der Waals surface area contributed by atoms with Gasteiger partial charge in [0.2, 0.25) is 5.91 Å². The van der Waals surface area contributed by atoms with Crippen LogP contribution in [0.4, 0.5) is 0 Å². The maximum Gasteiger partial charge on any atom is 0.222 e. The molecule has 1 aliphatic carbocycles. The quantitative estimate of drug-likeness (QED) is 0.828. The molecule has 0 unspecified atom stereocenters. The molecule has 0 radical (unpaired) electrons. The summed E-state index contributed by atoms with van der Waals surface area (Å²) in [5, 5.41) is 0.